The Morgan fingerprint density at radius 1 is 1.56 bits per heavy atom. The molecule has 0 aromatic heterocycles. The zero-order valence-electron chi connectivity index (χ0n) is 11.0. The Kier molecular flexibility index (Phi) is 5.91. The number of hydrogen-bond donors (Lipinski definition) is 2. The number of methoxy groups -OCH3 is 1. The molecule has 0 saturated carbocycles. The van der Waals surface area contributed by atoms with Crippen molar-refractivity contribution in [2.24, 2.45) is 5.92 Å². The van der Waals surface area contributed by atoms with Crippen molar-refractivity contribution in [1.29, 1.82) is 0 Å². The molecular formula is C12H22N2O4. The highest BCUT2D eigenvalue weighted by atomic mass is 16.5. The number of nitrogens with one attached hydrogen (secondary N) is 1. The molecule has 2 N–H and O–H groups in total. The first-order chi connectivity index (χ1) is 8.52. The van der Waals surface area contributed by atoms with Crippen molar-refractivity contribution in [3.05, 3.63) is 0 Å². The molecule has 0 spiro atoms. The Morgan fingerprint density at radius 2 is 2.28 bits per heavy atom. The lowest BCUT2D eigenvalue weighted by Gasteiger charge is -2.18. The van der Waals surface area contributed by atoms with Crippen LogP contribution >= 0.6 is 0 Å². The predicted octanol–water partition coefficient (Wildman–Crippen LogP) is 0.918. The lowest BCUT2D eigenvalue weighted by molar-refractivity contribution is -0.137. The molecule has 1 saturated heterocycles. The lowest BCUT2D eigenvalue weighted by atomic mass is 10.0. The molecule has 1 aliphatic heterocycles. The van der Waals surface area contributed by atoms with Crippen LogP contribution in [0.4, 0.5) is 4.79 Å². The minimum Gasteiger partial charge on any atom is -0.481 e. The molecule has 2 amide bonds. The van der Waals surface area contributed by atoms with Gasteiger partial charge in [0.1, 0.15) is 0 Å². The van der Waals surface area contributed by atoms with Crippen LogP contribution in [-0.4, -0.2) is 54.9 Å². The van der Waals surface area contributed by atoms with Crippen molar-refractivity contribution >= 4 is 12.0 Å². The van der Waals surface area contributed by atoms with Gasteiger partial charge in [0, 0.05) is 33.2 Å². The van der Waals surface area contributed by atoms with Gasteiger partial charge in [-0.25, -0.2) is 4.79 Å². The normalized spacial score (nSPS) is 20.8. The molecule has 0 radical (unpaired) electrons. The lowest BCUT2D eigenvalue weighted by Crippen LogP contribution is -2.41. The summed E-state index contributed by atoms with van der Waals surface area (Å²) in [5.74, 6) is -0.460. The third kappa shape index (κ3) is 4.91. The van der Waals surface area contributed by atoms with Gasteiger partial charge in [0.2, 0.25) is 0 Å². The van der Waals surface area contributed by atoms with Crippen LogP contribution in [-0.2, 0) is 9.53 Å². The molecule has 1 fully saturated rings. The van der Waals surface area contributed by atoms with Crippen LogP contribution in [0, 0.1) is 5.92 Å². The Labute approximate surface area is 107 Å². The Balaban J connectivity index is 2.24. The summed E-state index contributed by atoms with van der Waals surface area (Å²) < 4.78 is 5.05. The maximum absolute atomic E-state index is 11.8. The van der Waals surface area contributed by atoms with Crippen molar-refractivity contribution in [3.63, 3.8) is 0 Å². The minimum atomic E-state index is -0.771. The molecule has 0 aliphatic carbocycles. The molecule has 1 rings (SSSR count). The number of amides is 2. The smallest absolute Gasteiger partial charge is 0.317 e. The molecule has 0 aromatic rings. The number of carbonyl (C=O) groups excluding carboxylic acids is 1. The van der Waals surface area contributed by atoms with Crippen LogP contribution in [0.25, 0.3) is 0 Å². The third-order valence-corrected chi connectivity index (χ3v) is 3.28. The van der Waals surface area contributed by atoms with Gasteiger partial charge in [0.25, 0.3) is 0 Å². The van der Waals surface area contributed by atoms with Crippen LogP contribution in [0.5, 0.6) is 0 Å². The van der Waals surface area contributed by atoms with E-state index in [-0.39, 0.29) is 18.6 Å². The molecule has 1 aliphatic rings. The highest BCUT2D eigenvalue weighted by Crippen LogP contribution is 2.20. The first-order valence-corrected chi connectivity index (χ1v) is 6.30. The molecule has 6 nitrogen and oxygen atoms in total. The summed E-state index contributed by atoms with van der Waals surface area (Å²) in [5, 5.41) is 11.4. The fourth-order valence-electron chi connectivity index (χ4n) is 2.01. The Bertz CT molecular complexity index is 296. The standard InChI is InChI=1S/C12H22N2O4/c1-9(18-2)7-13-12(17)14-6-5-10(8-14)3-4-11(15)16/h9-10H,3-8H2,1-2H3,(H,13,17)(H,15,16). The predicted molar refractivity (Wildman–Crippen MR) is 66.4 cm³/mol. The minimum absolute atomic E-state index is 0.000592. The summed E-state index contributed by atoms with van der Waals surface area (Å²) in [5.41, 5.74) is 0. The van der Waals surface area contributed by atoms with Crippen LogP contribution in [0.2, 0.25) is 0 Å². The van der Waals surface area contributed by atoms with E-state index < -0.39 is 5.97 Å². The highest BCUT2D eigenvalue weighted by Gasteiger charge is 2.26. The summed E-state index contributed by atoms with van der Waals surface area (Å²) in [6.45, 7) is 3.74. The molecule has 0 aromatic carbocycles. The van der Waals surface area contributed by atoms with Crippen LogP contribution in [0.15, 0.2) is 0 Å². The second-order valence-corrected chi connectivity index (χ2v) is 4.77. The Hall–Kier alpha value is -1.30. The average Bonchev–Trinajstić information content (AvgIpc) is 2.81. The quantitative estimate of drug-likeness (QED) is 0.742. The topological polar surface area (TPSA) is 78.9 Å². The molecule has 2 atom stereocenters. The number of nitrogens with zero attached hydrogens (tertiary/aromatic N) is 1. The van der Waals surface area contributed by atoms with E-state index in [2.05, 4.69) is 5.32 Å². The monoisotopic (exact) mass is 258 g/mol. The van der Waals surface area contributed by atoms with Gasteiger partial charge in [-0.15, -0.1) is 0 Å². The van der Waals surface area contributed by atoms with Gasteiger partial charge in [-0.3, -0.25) is 4.79 Å². The van der Waals surface area contributed by atoms with Gasteiger partial charge in [0.15, 0.2) is 0 Å². The molecule has 18 heavy (non-hydrogen) atoms. The van der Waals surface area contributed by atoms with E-state index in [0.717, 1.165) is 6.42 Å². The number of carboxylic acids is 1. The number of urea groups is 1. The van der Waals surface area contributed by atoms with Gasteiger partial charge in [-0.05, 0) is 25.7 Å². The number of ether oxygens (including phenoxy) is 1. The van der Waals surface area contributed by atoms with Gasteiger partial charge in [-0.1, -0.05) is 0 Å². The largest absolute Gasteiger partial charge is 0.481 e. The van der Waals surface area contributed by atoms with Gasteiger partial charge >= 0.3 is 12.0 Å². The fourth-order valence-corrected chi connectivity index (χ4v) is 2.01. The molecule has 104 valence electrons. The molecule has 0 bridgehead atoms. The first kappa shape index (κ1) is 14.8. The second-order valence-electron chi connectivity index (χ2n) is 4.77. The number of likely N-dealkylation sites (tertiary alicyclic amines) is 1. The summed E-state index contributed by atoms with van der Waals surface area (Å²) in [7, 11) is 1.61. The number of aliphatic carboxylic acids is 1. The maximum Gasteiger partial charge on any atom is 0.317 e. The van der Waals surface area contributed by atoms with E-state index in [1.54, 1.807) is 12.0 Å². The van der Waals surface area contributed by atoms with Crippen LogP contribution in [0.1, 0.15) is 26.2 Å². The molecule has 2 unspecified atom stereocenters. The third-order valence-electron chi connectivity index (χ3n) is 3.28. The number of rotatable bonds is 6. The number of carbonyl (C=O) groups is 2. The van der Waals surface area contributed by atoms with Gasteiger partial charge in [0.05, 0.1) is 6.10 Å². The van der Waals surface area contributed by atoms with E-state index in [1.807, 2.05) is 6.92 Å². The van der Waals surface area contributed by atoms with Crippen molar-refractivity contribution in [1.82, 2.24) is 10.2 Å². The van der Waals surface area contributed by atoms with Crippen molar-refractivity contribution in [2.45, 2.75) is 32.3 Å². The van der Waals surface area contributed by atoms with E-state index in [9.17, 15) is 9.59 Å². The summed E-state index contributed by atoms with van der Waals surface area (Å²) >= 11 is 0. The average molecular weight is 258 g/mol. The van der Waals surface area contributed by atoms with E-state index >= 15 is 0 Å². The van der Waals surface area contributed by atoms with Gasteiger partial charge in [-0.2, -0.15) is 0 Å². The summed E-state index contributed by atoms with van der Waals surface area (Å²) in [6.07, 6.45) is 1.72. The fraction of sp³-hybridized carbons (Fsp3) is 0.833. The second kappa shape index (κ2) is 7.20. The Morgan fingerprint density at radius 3 is 2.89 bits per heavy atom. The molecule has 6 heteroatoms. The molecule has 1 heterocycles. The summed E-state index contributed by atoms with van der Waals surface area (Å²) in [6, 6.07) is -0.0864. The van der Waals surface area contributed by atoms with Gasteiger partial charge < -0.3 is 20.1 Å². The van der Waals surface area contributed by atoms with E-state index in [0.29, 0.717) is 32.0 Å². The zero-order valence-corrected chi connectivity index (χ0v) is 11.0. The first-order valence-electron chi connectivity index (χ1n) is 6.30. The molecular weight excluding hydrogens is 236 g/mol. The van der Waals surface area contributed by atoms with Crippen molar-refractivity contribution in [3.8, 4) is 0 Å². The SMILES string of the molecule is COC(C)CNC(=O)N1CCC(CCC(=O)O)C1. The number of hydrogen-bond acceptors (Lipinski definition) is 3. The van der Waals surface area contributed by atoms with E-state index in [1.165, 1.54) is 0 Å². The highest BCUT2D eigenvalue weighted by molar-refractivity contribution is 5.74. The van der Waals surface area contributed by atoms with E-state index in [4.69, 9.17) is 9.84 Å². The summed E-state index contributed by atoms with van der Waals surface area (Å²) in [4.78, 5) is 24.0. The van der Waals surface area contributed by atoms with Crippen molar-refractivity contribution in [2.75, 3.05) is 26.7 Å². The zero-order chi connectivity index (χ0) is 13.5. The number of carboxylic acid groups (broad SMARTS) is 1. The van der Waals surface area contributed by atoms with Crippen LogP contribution in [0.3, 0.4) is 0 Å². The maximum atomic E-state index is 11.8. The van der Waals surface area contributed by atoms with Crippen LogP contribution < -0.4 is 5.32 Å². The van der Waals surface area contributed by atoms with Crippen molar-refractivity contribution < 1.29 is 19.4 Å².